The van der Waals surface area contributed by atoms with Crippen molar-refractivity contribution < 1.29 is 4.74 Å². The number of morpholine rings is 1. The average molecular weight is 432 g/mol. The lowest BCUT2D eigenvalue weighted by atomic mass is 10.1. The third-order valence-corrected chi connectivity index (χ3v) is 3.64. The van der Waals surface area contributed by atoms with Crippen molar-refractivity contribution >= 4 is 29.9 Å². The fourth-order valence-electron chi connectivity index (χ4n) is 2.43. The summed E-state index contributed by atoms with van der Waals surface area (Å²) < 4.78 is 5.38. The predicted octanol–water partition coefficient (Wildman–Crippen LogP) is 2.21. The number of hydrogen-bond acceptors (Lipinski definition) is 3. The van der Waals surface area contributed by atoms with Gasteiger partial charge in [0, 0.05) is 39.3 Å². The molecular weight excluding hydrogens is 403 g/mol. The Morgan fingerprint density at radius 1 is 1.17 bits per heavy atom. The second-order valence-corrected chi connectivity index (χ2v) is 5.93. The van der Waals surface area contributed by atoms with Crippen molar-refractivity contribution in [3.8, 4) is 0 Å². The molecule has 0 spiro atoms. The topological polar surface area (TPSA) is 48.9 Å². The van der Waals surface area contributed by atoms with Gasteiger partial charge in [-0.05, 0) is 25.0 Å². The van der Waals surface area contributed by atoms with Gasteiger partial charge in [0.15, 0.2) is 5.96 Å². The Labute approximate surface area is 156 Å². The van der Waals surface area contributed by atoms with Gasteiger partial charge in [-0.15, -0.1) is 24.0 Å². The number of nitrogens with one attached hydrogen (secondary N) is 2. The summed E-state index contributed by atoms with van der Waals surface area (Å²) in [5, 5.41) is 6.62. The Morgan fingerprint density at radius 2 is 1.78 bits per heavy atom. The van der Waals surface area contributed by atoms with Crippen molar-refractivity contribution in [3.05, 3.63) is 35.4 Å². The SMILES string of the molecule is CN=C(NCc1ccc(CN2CCOCC2)cc1)NC(C)C.I. The maximum absolute atomic E-state index is 5.38. The molecule has 1 fully saturated rings. The van der Waals surface area contributed by atoms with Crippen LogP contribution in [0.5, 0.6) is 0 Å². The number of halogens is 1. The fourth-order valence-corrected chi connectivity index (χ4v) is 2.43. The van der Waals surface area contributed by atoms with Crippen molar-refractivity contribution in [1.82, 2.24) is 15.5 Å². The number of hydrogen-bond donors (Lipinski definition) is 2. The van der Waals surface area contributed by atoms with Crippen LogP contribution in [0, 0.1) is 0 Å². The minimum absolute atomic E-state index is 0. The first kappa shape index (κ1) is 20.2. The van der Waals surface area contributed by atoms with Crippen LogP contribution in [-0.4, -0.2) is 50.3 Å². The van der Waals surface area contributed by atoms with Gasteiger partial charge in [0.25, 0.3) is 0 Å². The summed E-state index contributed by atoms with van der Waals surface area (Å²) in [6, 6.07) is 9.18. The van der Waals surface area contributed by atoms with E-state index in [4.69, 9.17) is 4.74 Å². The lowest BCUT2D eigenvalue weighted by Crippen LogP contribution is -2.40. The Kier molecular flexibility index (Phi) is 9.50. The Balaban J connectivity index is 0.00000264. The number of benzene rings is 1. The van der Waals surface area contributed by atoms with Gasteiger partial charge in [-0.25, -0.2) is 0 Å². The van der Waals surface area contributed by atoms with Crippen LogP contribution in [0.3, 0.4) is 0 Å². The van der Waals surface area contributed by atoms with Crippen LogP contribution in [0.25, 0.3) is 0 Å². The van der Waals surface area contributed by atoms with Crippen LogP contribution in [0.4, 0.5) is 0 Å². The molecule has 23 heavy (non-hydrogen) atoms. The molecule has 0 aliphatic carbocycles. The zero-order chi connectivity index (χ0) is 15.8. The van der Waals surface area contributed by atoms with Gasteiger partial charge >= 0.3 is 0 Å². The fraction of sp³-hybridized carbons (Fsp3) is 0.588. The van der Waals surface area contributed by atoms with Crippen molar-refractivity contribution in [2.75, 3.05) is 33.4 Å². The van der Waals surface area contributed by atoms with E-state index in [2.05, 4.69) is 58.6 Å². The molecule has 5 nitrogen and oxygen atoms in total. The smallest absolute Gasteiger partial charge is 0.191 e. The van der Waals surface area contributed by atoms with Gasteiger partial charge in [-0.2, -0.15) is 0 Å². The Morgan fingerprint density at radius 3 is 2.35 bits per heavy atom. The lowest BCUT2D eigenvalue weighted by molar-refractivity contribution is 0.0342. The van der Waals surface area contributed by atoms with E-state index in [-0.39, 0.29) is 24.0 Å². The van der Waals surface area contributed by atoms with Crippen LogP contribution in [0.2, 0.25) is 0 Å². The van der Waals surface area contributed by atoms with Crippen LogP contribution in [0.15, 0.2) is 29.3 Å². The summed E-state index contributed by atoms with van der Waals surface area (Å²) >= 11 is 0. The van der Waals surface area contributed by atoms with E-state index in [1.807, 2.05) is 0 Å². The molecule has 1 aromatic carbocycles. The molecule has 6 heteroatoms. The van der Waals surface area contributed by atoms with Crippen molar-refractivity contribution in [2.45, 2.75) is 33.0 Å². The molecule has 0 amide bonds. The normalized spacial score (nSPS) is 16.1. The van der Waals surface area contributed by atoms with Gasteiger partial charge < -0.3 is 15.4 Å². The van der Waals surface area contributed by atoms with E-state index in [1.165, 1.54) is 11.1 Å². The summed E-state index contributed by atoms with van der Waals surface area (Å²) in [7, 11) is 1.79. The molecule has 1 aliphatic rings. The molecule has 1 aromatic rings. The largest absolute Gasteiger partial charge is 0.379 e. The van der Waals surface area contributed by atoms with Crippen LogP contribution >= 0.6 is 24.0 Å². The van der Waals surface area contributed by atoms with Gasteiger partial charge in [0.1, 0.15) is 0 Å². The molecule has 0 radical (unpaired) electrons. The monoisotopic (exact) mass is 432 g/mol. The Hall–Kier alpha value is -0.860. The molecule has 0 aromatic heterocycles. The van der Waals surface area contributed by atoms with Gasteiger partial charge in [-0.3, -0.25) is 9.89 Å². The second-order valence-electron chi connectivity index (χ2n) is 5.93. The van der Waals surface area contributed by atoms with E-state index in [0.29, 0.717) is 6.04 Å². The third kappa shape index (κ3) is 7.50. The van der Waals surface area contributed by atoms with E-state index in [0.717, 1.165) is 45.4 Å². The molecule has 0 atom stereocenters. The van der Waals surface area contributed by atoms with E-state index < -0.39 is 0 Å². The van der Waals surface area contributed by atoms with Crippen LogP contribution < -0.4 is 10.6 Å². The first-order valence-electron chi connectivity index (χ1n) is 8.02. The molecule has 1 saturated heterocycles. The second kappa shape index (κ2) is 10.8. The van der Waals surface area contributed by atoms with E-state index in [9.17, 15) is 0 Å². The highest BCUT2D eigenvalue weighted by Gasteiger charge is 2.10. The first-order valence-corrected chi connectivity index (χ1v) is 8.02. The molecule has 2 N–H and O–H groups in total. The van der Waals surface area contributed by atoms with Gasteiger partial charge in [0.05, 0.1) is 13.2 Å². The maximum atomic E-state index is 5.38. The van der Waals surface area contributed by atoms with Gasteiger partial charge in [-0.1, -0.05) is 24.3 Å². The summed E-state index contributed by atoms with van der Waals surface area (Å²) in [6.07, 6.45) is 0. The number of rotatable bonds is 5. The zero-order valence-corrected chi connectivity index (χ0v) is 16.7. The van der Waals surface area contributed by atoms with Crippen LogP contribution in [0.1, 0.15) is 25.0 Å². The molecule has 0 saturated carbocycles. The lowest BCUT2D eigenvalue weighted by Gasteiger charge is -2.26. The Bertz CT molecular complexity index is 470. The summed E-state index contributed by atoms with van der Waals surface area (Å²) in [5.74, 6) is 0.840. The number of ether oxygens (including phenoxy) is 1. The maximum Gasteiger partial charge on any atom is 0.191 e. The predicted molar refractivity (Wildman–Crippen MR) is 106 cm³/mol. The molecule has 0 bridgehead atoms. The molecular formula is C17H29IN4O. The highest BCUT2D eigenvalue weighted by Crippen LogP contribution is 2.09. The average Bonchev–Trinajstić information content (AvgIpc) is 2.53. The van der Waals surface area contributed by atoms with Crippen molar-refractivity contribution in [3.63, 3.8) is 0 Å². The van der Waals surface area contributed by atoms with E-state index >= 15 is 0 Å². The molecule has 130 valence electrons. The van der Waals surface area contributed by atoms with E-state index in [1.54, 1.807) is 7.05 Å². The summed E-state index contributed by atoms with van der Waals surface area (Å²) in [4.78, 5) is 6.65. The standard InChI is InChI=1S/C17H28N4O.HI/c1-14(2)20-17(18-3)19-12-15-4-6-16(7-5-15)13-21-8-10-22-11-9-21;/h4-7,14H,8-13H2,1-3H3,(H2,18,19,20);1H. The molecule has 1 heterocycles. The quantitative estimate of drug-likeness (QED) is 0.426. The summed E-state index contributed by atoms with van der Waals surface area (Å²) in [5.41, 5.74) is 2.62. The highest BCUT2D eigenvalue weighted by atomic mass is 127. The molecule has 2 rings (SSSR count). The number of aliphatic imine (C=N–C) groups is 1. The highest BCUT2D eigenvalue weighted by molar-refractivity contribution is 14.0. The number of nitrogens with zero attached hydrogens (tertiary/aromatic N) is 2. The first-order chi connectivity index (χ1) is 10.7. The zero-order valence-electron chi connectivity index (χ0n) is 14.3. The van der Waals surface area contributed by atoms with Crippen LogP contribution in [-0.2, 0) is 17.8 Å². The minimum Gasteiger partial charge on any atom is -0.379 e. The number of guanidine groups is 1. The van der Waals surface area contributed by atoms with Crippen molar-refractivity contribution in [2.24, 2.45) is 4.99 Å². The minimum atomic E-state index is 0. The molecule has 1 aliphatic heterocycles. The van der Waals surface area contributed by atoms with Gasteiger partial charge in [0.2, 0.25) is 0 Å². The third-order valence-electron chi connectivity index (χ3n) is 3.64. The van der Waals surface area contributed by atoms with Crippen molar-refractivity contribution in [1.29, 1.82) is 0 Å². The molecule has 0 unspecified atom stereocenters. The summed E-state index contributed by atoms with van der Waals surface area (Å²) in [6.45, 7) is 9.76.